The molecule has 0 aliphatic rings. The fourth-order valence-electron chi connectivity index (χ4n) is 1.66. The Balaban J connectivity index is 2.53. The maximum absolute atomic E-state index is 5.73. The molecule has 0 spiro atoms. The molecule has 1 aromatic carbocycles. The highest BCUT2D eigenvalue weighted by molar-refractivity contribution is 5.79. The highest BCUT2D eigenvalue weighted by Gasteiger charge is 2.02. The Morgan fingerprint density at radius 1 is 1.25 bits per heavy atom. The zero-order valence-electron chi connectivity index (χ0n) is 13.2. The summed E-state index contributed by atoms with van der Waals surface area (Å²) in [5.41, 5.74) is 1.18. The van der Waals surface area contributed by atoms with Gasteiger partial charge in [0.25, 0.3) is 0 Å². The van der Waals surface area contributed by atoms with E-state index in [0.717, 1.165) is 24.9 Å². The molecule has 0 saturated carbocycles. The summed E-state index contributed by atoms with van der Waals surface area (Å²) in [7, 11) is 1.78. The van der Waals surface area contributed by atoms with E-state index in [2.05, 4.69) is 55.5 Å². The Kier molecular flexibility index (Phi) is 6.91. The predicted molar refractivity (Wildman–Crippen MR) is 85.2 cm³/mol. The molecule has 2 N–H and O–H groups in total. The molecule has 0 aliphatic carbocycles. The summed E-state index contributed by atoms with van der Waals surface area (Å²) in [6, 6.07) is 8.52. The minimum absolute atomic E-state index is 0.363. The standard InChI is InChI=1S/C16H27N3O/c1-12(2)11-20-15-8-6-7-14(9-15)10-18-16(17-5)19-13(3)4/h6-9,12-13H,10-11H2,1-5H3,(H2,17,18,19). The van der Waals surface area contributed by atoms with Crippen LogP contribution in [-0.2, 0) is 6.54 Å². The van der Waals surface area contributed by atoms with Crippen molar-refractivity contribution in [1.82, 2.24) is 10.6 Å². The highest BCUT2D eigenvalue weighted by atomic mass is 16.5. The first-order valence-electron chi connectivity index (χ1n) is 7.20. The number of benzene rings is 1. The highest BCUT2D eigenvalue weighted by Crippen LogP contribution is 2.14. The lowest BCUT2D eigenvalue weighted by atomic mass is 10.2. The van der Waals surface area contributed by atoms with Crippen LogP contribution in [0.25, 0.3) is 0 Å². The average molecular weight is 277 g/mol. The van der Waals surface area contributed by atoms with Gasteiger partial charge in [-0.25, -0.2) is 0 Å². The molecule has 0 radical (unpaired) electrons. The van der Waals surface area contributed by atoms with Gasteiger partial charge in [0.2, 0.25) is 0 Å². The number of nitrogens with one attached hydrogen (secondary N) is 2. The molecule has 0 aliphatic heterocycles. The molecule has 0 amide bonds. The number of hydrogen-bond donors (Lipinski definition) is 2. The average Bonchev–Trinajstić information content (AvgIpc) is 2.41. The van der Waals surface area contributed by atoms with E-state index in [4.69, 9.17) is 4.74 Å². The maximum atomic E-state index is 5.73. The number of hydrogen-bond acceptors (Lipinski definition) is 2. The van der Waals surface area contributed by atoms with Gasteiger partial charge in [-0.2, -0.15) is 0 Å². The Bertz CT molecular complexity index is 427. The molecule has 0 bridgehead atoms. The first-order chi connectivity index (χ1) is 9.51. The van der Waals surface area contributed by atoms with Gasteiger partial charge in [-0.3, -0.25) is 4.99 Å². The molecule has 20 heavy (non-hydrogen) atoms. The second-order valence-corrected chi connectivity index (χ2v) is 5.58. The molecule has 1 aromatic rings. The van der Waals surface area contributed by atoms with Crippen LogP contribution in [0, 0.1) is 5.92 Å². The van der Waals surface area contributed by atoms with Crippen molar-refractivity contribution in [2.75, 3.05) is 13.7 Å². The molecule has 1 rings (SSSR count). The zero-order valence-corrected chi connectivity index (χ0v) is 13.2. The summed E-state index contributed by atoms with van der Waals surface area (Å²) in [5, 5.41) is 6.55. The third kappa shape index (κ3) is 6.45. The molecule has 4 nitrogen and oxygen atoms in total. The number of ether oxygens (including phenoxy) is 1. The van der Waals surface area contributed by atoms with Crippen LogP contribution in [0.1, 0.15) is 33.3 Å². The smallest absolute Gasteiger partial charge is 0.191 e. The van der Waals surface area contributed by atoms with Gasteiger partial charge in [-0.05, 0) is 37.5 Å². The van der Waals surface area contributed by atoms with Gasteiger partial charge in [0, 0.05) is 19.6 Å². The van der Waals surface area contributed by atoms with Crippen LogP contribution in [-0.4, -0.2) is 25.7 Å². The number of aliphatic imine (C=N–C) groups is 1. The molecular weight excluding hydrogens is 250 g/mol. The summed E-state index contributed by atoms with van der Waals surface area (Å²) >= 11 is 0. The molecule has 0 aromatic heterocycles. The molecule has 0 heterocycles. The van der Waals surface area contributed by atoms with Crippen LogP contribution in [0.2, 0.25) is 0 Å². The summed E-state index contributed by atoms with van der Waals surface area (Å²) in [4.78, 5) is 4.19. The van der Waals surface area contributed by atoms with Gasteiger partial charge in [0.05, 0.1) is 6.61 Å². The van der Waals surface area contributed by atoms with Crippen molar-refractivity contribution in [3.05, 3.63) is 29.8 Å². The van der Waals surface area contributed by atoms with Crippen molar-refractivity contribution < 1.29 is 4.74 Å². The first-order valence-corrected chi connectivity index (χ1v) is 7.20. The Hall–Kier alpha value is -1.71. The quantitative estimate of drug-likeness (QED) is 0.621. The van der Waals surface area contributed by atoms with Crippen molar-refractivity contribution in [2.45, 2.75) is 40.3 Å². The van der Waals surface area contributed by atoms with Crippen LogP contribution in [0.5, 0.6) is 5.75 Å². The second-order valence-electron chi connectivity index (χ2n) is 5.58. The Morgan fingerprint density at radius 2 is 2.00 bits per heavy atom. The van der Waals surface area contributed by atoms with Gasteiger partial charge in [-0.1, -0.05) is 26.0 Å². The van der Waals surface area contributed by atoms with Crippen LogP contribution < -0.4 is 15.4 Å². The zero-order chi connectivity index (χ0) is 15.0. The monoisotopic (exact) mass is 277 g/mol. The summed E-state index contributed by atoms with van der Waals surface area (Å²) in [6.45, 7) is 9.94. The largest absolute Gasteiger partial charge is 0.493 e. The van der Waals surface area contributed by atoms with E-state index in [9.17, 15) is 0 Å². The number of guanidine groups is 1. The van der Waals surface area contributed by atoms with Crippen molar-refractivity contribution in [1.29, 1.82) is 0 Å². The van der Waals surface area contributed by atoms with E-state index in [1.165, 1.54) is 5.56 Å². The molecule has 4 heteroatoms. The minimum atomic E-state index is 0.363. The van der Waals surface area contributed by atoms with Gasteiger partial charge in [0.15, 0.2) is 5.96 Å². The van der Waals surface area contributed by atoms with Crippen LogP contribution in [0.3, 0.4) is 0 Å². The summed E-state index contributed by atoms with van der Waals surface area (Å²) < 4.78 is 5.73. The second kappa shape index (κ2) is 8.46. The van der Waals surface area contributed by atoms with Gasteiger partial charge < -0.3 is 15.4 Å². The lowest BCUT2D eigenvalue weighted by molar-refractivity contribution is 0.271. The Labute approximate surface area is 122 Å². The SMILES string of the molecule is CN=C(NCc1cccc(OCC(C)C)c1)NC(C)C. The van der Waals surface area contributed by atoms with E-state index in [1.54, 1.807) is 7.05 Å². The van der Waals surface area contributed by atoms with E-state index in [1.807, 2.05) is 12.1 Å². The van der Waals surface area contributed by atoms with Gasteiger partial charge in [0.1, 0.15) is 5.75 Å². The fourth-order valence-corrected chi connectivity index (χ4v) is 1.66. The third-order valence-electron chi connectivity index (χ3n) is 2.59. The van der Waals surface area contributed by atoms with E-state index >= 15 is 0 Å². The van der Waals surface area contributed by atoms with Crippen molar-refractivity contribution in [2.24, 2.45) is 10.9 Å². The van der Waals surface area contributed by atoms with Crippen LogP contribution >= 0.6 is 0 Å². The Morgan fingerprint density at radius 3 is 2.60 bits per heavy atom. The normalized spacial score (nSPS) is 11.8. The third-order valence-corrected chi connectivity index (χ3v) is 2.59. The lowest BCUT2D eigenvalue weighted by Crippen LogP contribution is -2.40. The van der Waals surface area contributed by atoms with E-state index in [-0.39, 0.29) is 0 Å². The predicted octanol–water partition coefficient (Wildman–Crippen LogP) is 2.79. The van der Waals surface area contributed by atoms with E-state index < -0.39 is 0 Å². The van der Waals surface area contributed by atoms with Gasteiger partial charge >= 0.3 is 0 Å². The number of nitrogens with zero attached hydrogens (tertiary/aromatic N) is 1. The van der Waals surface area contributed by atoms with Gasteiger partial charge in [-0.15, -0.1) is 0 Å². The van der Waals surface area contributed by atoms with Crippen LogP contribution in [0.4, 0.5) is 0 Å². The molecular formula is C16H27N3O. The topological polar surface area (TPSA) is 45.7 Å². The first kappa shape index (κ1) is 16.3. The number of rotatable bonds is 6. The summed E-state index contributed by atoms with van der Waals surface area (Å²) in [6.07, 6.45) is 0. The van der Waals surface area contributed by atoms with Crippen molar-refractivity contribution in [3.63, 3.8) is 0 Å². The molecule has 0 saturated heterocycles. The molecule has 112 valence electrons. The van der Waals surface area contributed by atoms with Crippen molar-refractivity contribution in [3.8, 4) is 5.75 Å². The maximum Gasteiger partial charge on any atom is 0.191 e. The van der Waals surface area contributed by atoms with Crippen LogP contribution in [0.15, 0.2) is 29.3 Å². The fraction of sp³-hybridized carbons (Fsp3) is 0.562. The molecule has 0 unspecified atom stereocenters. The van der Waals surface area contributed by atoms with Crippen molar-refractivity contribution >= 4 is 5.96 Å². The summed E-state index contributed by atoms with van der Waals surface area (Å²) in [5.74, 6) is 2.27. The van der Waals surface area contributed by atoms with E-state index in [0.29, 0.717) is 12.0 Å². The molecule has 0 atom stereocenters. The lowest BCUT2D eigenvalue weighted by Gasteiger charge is -2.15. The minimum Gasteiger partial charge on any atom is -0.493 e. The molecule has 0 fully saturated rings.